The van der Waals surface area contributed by atoms with Gasteiger partial charge in [-0.3, -0.25) is 9.59 Å². The number of fused-ring (bicyclic) bond motifs is 1. The van der Waals surface area contributed by atoms with Gasteiger partial charge in [-0.05, 0) is 43.9 Å². The standard InChI is InChI=1S/C16H16Cl2N2O3/c17-9-3-6-12-11(7-9)13(18)14(20-12)15(21)19-10-4-1-8(2-5-10)16(22)23/h3,6-8,10,20H,1-2,4-5H2,(H,19,21)(H,22,23). The zero-order chi connectivity index (χ0) is 16.6. The van der Waals surface area contributed by atoms with Crippen molar-refractivity contribution < 1.29 is 14.7 Å². The highest BCUT2D eigenvalue weighted by molar-refractivity contribution is 6.39. The lowest BCUT2D eigenvalue weighted by Crippen LogP contribution is -2.38. The maximum Gasteiger partial charge on any atom is 0.306 e. The minimum Gasteiger partial charge on any atom is -0.481 e. The van der Waals surface area contributed by atoms with Crippen LogP contribution >= 0.6 is 23.2 Å². The number of halogens is 2. The number of carbonyl (C=O) groups is 2. The predicted molar refractivity (Wildman–Crippen MR) is 89.2 cm³/mol. The Morgan fingerprint density at radius 2 is 1.87 bits per heavy atom. The van der Waals surface area contributed by atoms with E-state index in [2.05, 4.69) is 10.3 Å². The average Bonchev–Trinajstić information content (AvgIpc) is 2.85. The summed E-state index contributed by atoms with van der Waals surface area (Å²) in [5, 5.41) is 13.5. The van der Waals surface area contributed by atoms with Crippen molar-refractivity contribution in [2.24, 2.45) is 5.92 Å². The van der Waals surface area contributed by atoms with Crippen molar-refractivity contribution >= 4 is 46.0 Å². The zero-order valence-corrected chi connectivity index (χ0v) is 13.7. The second-order valence-corrected chi connectivity index (χ2v) is 6.68. The SMILES string of the molecule is O=C(NC1CCC(C(=O)O)CC1)c1[nH]c2ccc(Cl)cc2c1Cl. The molecule has 122 valence electrons. The van der Waals surface area contributed by atoms with E-state index in [-0.39, 0.29) is 17.9 Å². The first kappa shape index (κ1) is 16.1. The molecule has 3 N–H and O–H groups in total. The molecular formula is C16H16Cl2N2O3. The summed E-state index contributed by atoms with van der Waals surface area (Å²) in [6.45, 7) is 0. The summed E-state index contributed by atoms with van der Waals surface area (Å²) in [5.74, 6) is -1.34. The Bertz CT molecular complexity index is 764. The van der Waals surface area contributed by atoms with Crippen LogP contribution in [0.3, 0.4) is 0 Å². The number of hydrogen-bond donors (Lipinski definition) is 3. The third-order valence-electron chi connectivity index (χ3n) is 4.34. The molecule has 0 spiro atoms. The first-order chi connectivity index (χ1) is 11.0. The van der Waals surface area contributed by atoms with E-state index in [9.17, 15) is 9.59 Å². The number of aromatic nitrogens is 1. The van der Waals surface area contributed by atoms with Crippen molar-refractivity contribution in [3.05, 3.63) is 33.9 Å². The van der Waals surface area contributed by atoms with Gasteiger partial charge >= 0.3 is 5.97 Å². The van der Waals surface area contributed by atoms with Crippen LogP contribution in [0.1, 0.15) is 36.2 Å². The molecule has 0 radical (unpaired) electrons. The van der Waals surface area contributed by atoms with Crippen LogP contribution in [0.2, 0.25) is 10.0 Å². The Morgan fingerprint density at radius 3 is 2.52 bits per heavy atom. The van der Waals surface area contributed by atoms with Crippen molar-refractivity contribution in [1.29, 1.82) is 0 Å². The van der Waals surface area contributed by atoms with Gasteiger partial charge in [0, 0.05) is 22.0 Å². The summed E-state index contributed by atoms with van der Waals surface area (Å²) < 4.78 is 0. The number of H-pyrrole nitrogens is 1. The molecule has 3 rings (SSSR count). The quantitative estimate of drug-likeness (QED) is 0.782. The molecule has 0 unspecified atom stereocenters. The molecule has 7 heteroatoms. The van der Waals surface area contributed by atoms with E-state index in [0.29, 0.717) is 46.8 Å². The van der Waals surface area contributed by atoms with Crippen molar-refractivity contribution in [1.82, 2.24) is 10.3 Å². The maximum atomic E-state index is 12.4. The number of nitrogens with one attached hydrogen (secondary N) is 2. The van der Waals surface area contributed by atoms with E-state index in [4.69, 9.17) is 28.3 Å². The molecule has 0 aliphatic heterocycles. The van der Waals surface area contributed by atoms with E-state index in [1.807, 2.05) is 0 Å². The largest absolute Gasteiger partial charge is 0.481 e. The second kappa shape index (κ2) is 6.42. The number of carbonyl (C=O) groups excluding carboxylic acids is 1. The van der Waals surface area contributed by atoms with Gasteiger partial charge in [0.2, 0.25) is 0 Å². The number of amides is 1. The molecule has 2 aromatic rings. The molecule has 1 aromatic carbocycles. The molecule has 1 amide bonds. The summed E-state index contributed by atoms with van der Waals surface area (Å²) in [6, 6.07) is 5.19. The molecule has 1 aliphatic rings. The summed E-state index contributed by atoms with van der Waals surface area (Å²) in [6.07, 6.45) is 2.48. The molecule has 1 fully saturated rings. The fraction of sp³-hybridized carbons (Fsp3) is 0.375. The van der Waals surface area contributed by atoms with Gasteiger partial charge in [0.15, 0.2) is 0 Å². The van der Waals surface area contributed by atoms with Gasteiger partial charge in [-0.25, -0.2) is 0 Å². The first-order valence-corrected chi connectivity index (χ1v) is 8.21. The summed E-state index contributed by atoms with van der Waals surface area (Å²) in [5.41, 5.74) is 1.06. The molecule has 23 heavy (non-hydrogen) atoms. The van der Waals surface area contributed by atoms with Crippen LogP contribution in [0.4, 0.5) is 0 Å². The predicted octanol–water partition coefficient (Wildman–Crippen LogP) is 3.85. The van der Waals surface area contributed by atoms with Gasteiger partial charge in [-0.1, -0.05) is 23.2 Å². The Balaban J connectivity index is 1.72. The lowest BCUT2D eigenvalue weighted by Gasteiger charge is -2.26. The van der Waals surface area contributed by atoms with Crippen molar-refractivity contribution in [3.63, 3.8) is 0 Å². The van der Waals surface area contributed by atoms with Gasteiger partial charge in [0.05, 0.1) is 10.9 Å². The molecule has 1 aliphatic carbocycles. The monoisotopic (exact) mass is 354 g/mol. The van der Waals surface area contributed by atoms with E-state index in [0.717, 1.165) is 5.52 Å². The molecule has 0 bridgehead atoms. The lowest BCUT2D eigenvalue weighted by molar-refractivity contribution is -0.142. The average molecular weight is 355 g/mol. The Morgan fingerprint density at radius 1 is 1.17 bits per heavy atom. The van der Waals surface area contributed by atoms with Crippen LogP contribution in [0.15, 0.2) is 18.2 Å². The van der Waals surface area contributed by atoms with Crippen LogP contribution in [-0.4, -0.2) is 28.0 Å². The fourth-order valence-corrected chi connectivity index (χ4v) is 3.49. The highest BCUT2D eigenvalue weighted by Gasteiger charge is 2.27. The normalized spacial score (nSPS) is 21.3. The van der Waals surface area contributed by atoms with Crippen LogP contribution in [0.5, 0.6) is 0 Å². The Labute approximate surface area is 143 Å². The van der Waals surface area contributed by atoms with Crippen LogP contribution in [0.25, 0.3) is 10.9 Å². The molecule has 0 saturated heterocycles. The molecule has 1 heterocycles. The summed E-state index contributed by atoms with van der Waals surface area (Å²) in [4.78, 5) is 26.4. The highest BCUT2D eigenvalue weighted by atomic mass is 35.5. The maximum absolute atomic E-state index is 12.4. The number of carboxylic acid groups (broad SMARTS) is 1. The Kier molecular flexibility index (Phi) is 4.50. The van der Waals surface area contributed by atoms with E-state index in [1.165, 1.54) is 0 Å². The summed E-state index contributed by atoms with van der Waals surface area (Å²) >= 11 is 12.2. The molecule has 1 aromatic heterocycles. The minimum atomic E-state index is -0.759. The van der Waals surface area contributed by atoms with Crippen LogP contribution < -0.4 is 5.32 Å². The molecule has 1 saturated carbocycles. The number of aromatic amines is 1. The number of benzene rings is 1. The van der Waals surface area contributed by atoms with Gasteiger partial charge in [-0.2, -0.15) is 0 Å². The van der Waals surface area contributed by atoms with Gasteiger partial charge in [0.25, 0.3) is 5.91 Å². The summed E-state index contributed by atoms with van der Waals surface area (Å²) in [7, 11) is 0. The van der Waals surface area contributed by atoms with Crippen LogP contribution in [0, 0.1) is 5.92 Å². The molecular weight excluding hydrogens is 339 g/mol. The molecule has 0 atom stereocenters. The number of aliphatic carboxylic acids is 1. The van der Waals surface area contributed by atoms with Crippen molar-refractivity contribution in [2.75, 3.05) is 0 Å². The van der Waals surface area contributed by atoms with E-state index in [1.54, 1.807) is 18.2 Å². The number of hydrogen-bond acceptors (Lipinski definition) is 2. The third kappa shape index (κ3) is 3.31. The van der Waals surface area contributed by atoms with E-state index < -0.39 is 5.97 Å². The molecule has 5 nitrogen and oxygen atoms in total. The smallest absolute Gasteiger partial charge is 0.306 e. The number of carboxylic acids is 1. The number of rotatable bonds is 3. The minimum absolute atomic E-state index is 0.0239. The second-order valence-electron chi connectivity index (χ2n) is 5.86. The highest BCUT2D eigenvalue weighted by Crippen LogP contribution is 2.30. The van der Waals surface area contributed by atoms with Crippen molar-refractivity contribution in [3.8, 4) is 0 Å². The van der Waals surface area contributed by atoms with Gasteiger partial charge in [-0.15, -0.1) is 0 Å². The third-order valence-corrected chi connectivity index (χ3v) is 4.96. The van der Waals surface area contributed by atoms with Crippen molar-refractivity contribution in [2.45, 2.75) is 31.7 Å². The Hall–Kier alpha value is -1.72. The lowest BCUT2D eigenvalue weighted by atomic mass is 9.86. The van der Waals surface area contributed by atoms with Gasteiger partial charge < -0.3 is 15.4 Å². The zero-order valence-electron chi connectivity index (χ0n) is 12.2. The van der Waals surface area contributed by atoms with Gasteiger partial charge in [0.1, 0.15) is 5.69 Å². The van der Waals surface area contributed by atoms with Crippen LogP contribution in [-0.2, 0) is 4.79 Å². The van der Waals surface area contributed by atoms with E-state index >= 15 is 0 Å². The fourth-order valence-electron chi connectivity index (χ4n) is 3.03. The topological polar surface area (TPSA) is 82.2 Å². The first-order valence-electron chi connectivity index (χ1n) is 7.46.